The Morgan fingerprint density at radius 1 is 0.412 bits per heavy atom. The molecular formula is C31H23N3. The van der Waals surface area contributed by atoms with E-state index in [-0.39, 0.29) is 0 Å². The minimum atomic E-state index is -0.485. The van der Waals surface area contributed by atoms with Crippen LogP contribution in [0.25, 0.3) is 0 Å². The van der Waals surface area contributed by atoms with E-state index in [2.05, 4.69) is 132 Å². The highest BCUT2D eigenvalue weighted by Crippen LogP contribution is 2.62. The number of nitrogens with zero attached hydrogens (tertiary/aromatic N) is 2. The predicted octanol–water partition coefficient (Wildman–Crippen LogP) is 7.18. The lowest BCUT2D eigenvalue weighted by Crippen LogP contribution is -2.44. The second kappa shape index (κ2) is 7.08. The van der Waals surface area contributed by atoms with Crippen LogP contribution in [0, 0.1) is 0 Å². The van der Waals surface area contributed by atoms with E-state index in [1.807, 2.05) is 5.01 Å². The number of rotatable bonds is 1. The minimum absolute atomic E-state index is 0.485. The van der Waals surface area contributed by atoms with Crippen molar-refractivity contribution in [2.24, 2.45) is 5.84 Å². The maximum atomic E-state index is 6.73. The maximum absolute atomic E-state index is 6.73. The largest absolute Gasteiger partial charge is 0.310 e. The van der Waals surface area contributed by atoms with Crippen molar-refractivity contribution in [1.29, 1.82) is 0 Å². The highest BCUT2D eigenvalue weighted by Gasteiger charge is 2.51. The summed E-state index contributed by atoms with van der Waals surface area (Å²) in [5.41, 5.74) is 9.99. The van der Waals surface area contributed by atoms with Gasteiger partial charge in [0.15, 0.2) is 0 Å². The molecule has 0 unspecified atom stereocenters. The van der Waals surface area contributed by atoms with E-state index in [4.69, 9.17) is 5.84 Å². The highest BCUT2D eigenvalue weighted by molar-refractivity contribution is 5.93. The third kappa shape index (κ3) is 2.34. The third-order valence-corrected chi connectivity index (χ3v) is 7.25. The number of hydrogen-bond donors (Lipinski definition) is 1. The van der Waals surface area contributed by atoms with E-state index in [1.54, 1.807) is 0 Å². The van der Waals surface area contributed by atoms with Crippen LogP contribution < -0.4 is 15.8 Å². The molecule has 3 nitrogen and oxygen atoms in total. The van der Waals surface area contributed by atoms with Gasteiger partial charge in [0, 0.05) is 5.69 Å². The zero-order valence-corrected chi connectivity index (χ0v) is 18.6. The fourth-order valence-electron chi connectivity index (χ4n) is 5.96. The van der Waals surface area contributed by atoms with Gasteiger partial charge in [-0.2, -0.15) is 0 Å². The molecule has 5 aromatic carbocycles. The summed E-state index contributed by atoms with van der Waals surface area (Å²) in [6.07, 6.45) is 0. The number of benzene rings is 5. The first-order valence-electron chi connectivity index (χ1n) is 11.6. The molecule has 0 fully saturated rings. The second-order valence-electron chi connectivity index (χ2n) is 8.86. The average Bonchev–Trinajstić information content (AvgIpc) is 2.91. The molecule has 2 aliphatic rings. The van der Waals surface area contributed by atoms with Crippen LogP contribution in [0.4, 0.5) is 28.4 Å². The molecule has 0 saturated carbocycles. The van der Waals surface area contributed by atoms with Crippen molar-refractivity contribution in [1.82, 2.24) is 0 Å². The molecular weight excluding hydrogens is 414 g/mol. The van der Waals surface area contributed by atoms with Gasteiger partial charge in [0.1, 0.15) is 0 Å². The molecule has 2 N–H and O–H groups in total. The van der Waals surface area contributed by atoms with Gasteiger partial charge in [-0.3, -0.25) is 5.01 Å². The van der Waals surface area contributed by atoms with Gasteiger partial charge >= 0.3 is 0 Å². The van der Waals surface area contributed by atoms with Gasteiger partial charge < -0.3 is 4.90 Å². The Bertz CT molecular complexity index is 1440. The van der Waals surface area contributed by atoms with Gasteiger partial charge in [0.2, 0.25) is 0 Å². The first kappa shape index (κ1) is 19.2. The summed E-state index contributed by atoms with van der Waals surface area (Å²) >= 11 is 0. The monoisotopic (exact) mass is 437 g/mol. The SMILES string of the molecule is NN1c2ccccc2C2(c3ccccc31)c1ccccc1N(c1ccccc1)c1ccccc12. The predicted molar refractivity (Wildman–Crippen MR) is 139 cm³/mol. The Hall–Kier alpha value is -4.34. The van der Waals surface area contributed by atoms with Crippen LogP contribution in [0.15, 0.2) is 127 Å². The summed E-state index contributed by atoms with van der Waals surface area (Å²) in [5, 5.41) is 1.84. The van der Waals surface area contributed by atoms with E-state index in [1.165, 1.54) is 33.6 Å². The quantitative estimate of drug-likeness (QED) is 0.277. The Labute approximate surface area is 199 Å². The van der Waals surface area contributed by atoms with Crippen molar-refractivity contribution in [2.45, 2.75) is 5.41 Å². The summed E-state index contributed by atoms with van der Waals surface area (Å²) < 4.78 is 0. The second-order valence-corrected chi connectivity index (χ2v) is 8.86. The smallest absolute Gasteiger partial charge is 0.0783 e. The first-order valence-corrected chi connectivity index (χ1v) is 11.6. The number of anilines is 5. The van der Waals surface area contributed by atoms with Crippen molar-refractivity contribution in [2.75, 3.05) is 9.91 Å². The van der Waals surface area contributed by atoms with Crippen LogP contribution in [0.2, 0.25) is 0 Å². The van der Waals surface area contributed by atoms with Crippen LogP contribution in [0.3, 0.4) is 0 Å². The number of hydrazine groups is 1. The molecule has 162 valence electrons. The third-order valence-electron chi connectivity index (χ3n) is 7.25. The Morgan fingerprint density at radius 2 is 0.765 bits per heavy atom. The Kier molecular flexibility index (Phi) is 3.99. The molecule has 0 saturated heterocycles. The van der Waals surface area contributed by atoms with Crippen molar-refractivity contribution < 1.29 is 0 Å². The summed E-state index contributed by atoms with van der Waals surface area (Å²) in [6.45, 7) is 0. The summed E-state index contributed by atoms with van der Waals surface area (Å²) in [5.74, 6) is 6.73. The standard InChI is InChI=1S/C31H23N3/c32-34-29-20-10-6-16-25(29)31(26-17-7-11-21-30(26)34)23-14-4-8-18-27(23)33(22-12-2-1-3-13-22)28-19-9-5-15-24(28)31/h1-21H,32H2. The lowest BCUT2D eigenvalue weighted by atomic mass is 9.60. The minimum Gasteiger partial charge on any atom is -0.310 e. The van der Waals surface area contributed by atoms with E-state index in [0.717, 1.165) is 17.1 Å². The van der Waals surface area contributed by atoms with Gasteiger partial charge in [-0.1, -0.05) is 91.0 Å². The van der Waals surface area contributed by atoms with Crippen molar-refractivity contribution >= 4 is 28.4 Å². The topological polar surface area (TPSA) is 32.5 Å². The normalized spacial score (nSPS) is 14.7. The number of hydrogen-bond acceptors (Lipinski definition) is 3. The van der Waals surface area contributed by atoms with E-state index >= 15 is 0 Å². The number of fused-ring (bicyclic) bond motifs is 8. The molecule has 1 spiro atoms. The molecule has 5 aromatic rings. The molecule has 0 aliphatic carbocycles. The van der Waals surface area contributed by atoms with Gasteiger partial charge in [0.05, 0.1) is 28.2 Å². The molecule has 2 aliphatic heterocycles. The lowest BCUT2D eigenvalue weighted by molar-refractivity contribution is 0.710. The fraction of sp³-hybridized carbons (Fsp3) is 0.0323. The number of nitrogens with two attached hydrogens (primary N) is 1. The molecule has 7 rings (SSSR count). The van der Waals surface area contributed by atoms with Gasteiger partial charge in [-0.15, -0.1) is 0 Å². The van der Waals surface area contributed by atoms with Crippen LogP contribution >= 0.6 is 0 Å². The van der Waals surface area contributed by atoms with Gasteiger partial charge in [-0.25, -0.2) is 5.84 Å². The van der Waals surface area contributed by atoms with Crippen molar-refractivity contribution in [3.63, 3.8) is 0 Å². The van der Waals surface area contributed by atoms with E-state index in [9.17, 15) is 0 Å². The molecule has 2 heterocycles. The van der Waals surface area contributed by atoms with Gasteiger partial charge in [0.25, 0.3) is 0 Å². The molecule has 0 amide bonds. The lowest BCUT2D eigenvalue weighted by Gasteiger charge is -2.50. The van der Waals surface area contributed by atoms with Crippen molar-refractivity contribution in [3.8, 4) is 0 Å². The molecule has 0 atom stereocenters. The highest BCUT2D eigenvalue weighted by atomic mass is 15.4. The maximum Gasteiger partial charge on any atom is 0.0783 e. The summed E-state index contributed by atoms with van der Waals surface area (Å²) in [6, 6.07) is 45.3. The molecule has 0 bridgehead atoms. The molecule has 34 heavy (non-hydrogen) atoms. The van der Waals surface area contributed by atoms with Crippen LogP contribution in [-0.4, -0.2) is 0 Å². The molecule has 3 heteroatoms. The molecule has 0 radical (unpaired) electrons. The fourth-order valence-corrected chi connectivity index (χ4v) is 5.96. The van der Waals surface area contributed by atoms with Crippen LogP contribution in [0.5, 0.6) is 0 Å². The van der Waals surface area contributed by atoms with Crippen LogP contribution in [0.1, 0.15) is 22.3 Å². The molecule has 0 aromatic heterocycles. The zero-order chi connectivity index (χ0) is 22.7. The zero-order valence-electron chi connectivity index (χ0n) is 18.6. The average molecular weight is 438 g/mol. The van der Waals surface area contributed by atoms with Crippen molar-refractivity contribution in [3.05, 3.63) is 150 Å². The number of para-hydroxylation sites is 5. The summed E-state index contributed by atoms with van der Waals surface area (Å²) in [7, 11) is 0. The van der Waals surface area contributed by atoms with E-state index in [0.29, 0.717) is 0 Å². The first-order chi connectivity index (χ1) is 16.8. The Morgan fingerprint density at radius 3 is 1.24 bits per heavy atom. The Balaban J connectivity index is 1.68. The van der Waals surface area contributed by atoms with E-state index < -0.39 is 5.41 Å². The van der Waals surface area contributed by atoms with Gasteiger partial charge in [-0.05, 0) is 58.7 Å². The van der Waals surface area contributed by atoms with Crippen LogP contribution in [-0.2, 0) is 5.41 Å². The summed E-state index contributed by atoms with van der Waals surface area (Å²) in [4.78, 5) is 2.38.